The standard InChI is InChI=1S/C15H9Cl3FNO/c16-9-4-6-12(18)14(8-9)20-15(21)7-5-10-11(17)2-1-3-13(10)19/h1-8H,(H,20,21). The van der Waals surface area contributed by atoms with E-state index in [-0.39, 0.29) is 10.6 Å². The van der Waals surface area contributed by atoms with Gasteiger partial charge in [0.15, 0.2) is 0 Å². The van der Waals surface area contributed by atoms with Crippen LogP contribution < -0.4 is 5.32 Å². The summed E-state index contributed by atoms with van der Waals surface area (Å²) in [6, 6.07) is 8.98. The van der Waals surface area contributed by atoms with E-state index in [0.29, 0.717) is 15.7 Å². The molecule has 0 aliphatic heterocycles. The molecule has 0 saturated heterocycles. The molecule has 1 N–H and O–H groups in total. The number of anilines is 1. The molecule has 2 aromatic carbocycles. The van der Waals surface area contributed by atoms with Gasteiger partial charge in [0, 0.05) is 16.7 Å². The lowest BCUT2D eigenvalue weighted by Gasteiger charge is -2.05. The highest BCUT2D eigenvalue weighted by Gasteiger charge is 2.06. The molecule has 0 spiro atoms. The van der Waals surface area contributed by atoms with Crippen molar-refractivity contribution >= 4 is 52.5 Å². The SMILES string of the molecule is O=C(C=Cc1c(F)cccc1Cl)Nc1cc(Cl)ccc1Cl. The van der Waals surface area contributed by atoms with Gasteiger partial charge in [-0.2, -0.15) is 0 Å². The fourth-order valence-corrected chi connectivity index (χ4v) is 2.16. The first-order valence-electron chi connectivity index (χ1n) is 5.85. The zero-order chi connectivity index (χ0) is 15.4. The Morgan fingerprint density at radius 2 is 1.86 bits per heavy atom. The van der Waals surface area contributed by atoms with Crippen LogP contribution in [-0.2, 0) is 4.79 Å². The lowest BCUT2D eigenvalue weighted by atomic mass is 10.2. The normalized spacial score (nSPS) is 10.9. The third-order valence-electron chi connectivity index (χ3n) is 2.59. The first-order chi connectivity index (χ1) is 9.97. The van der Waals surface area contributed by atoms with Crippen LogP contribution in [0.5, 0.6) is 0 Å². The van der Waals surface area contributed by atoms with Crippen LogP contribution in [0.25, 0.3) is 6.08 Å². The highest BCUT2D eigenvalue weighted by molar-refractivity contribution is 6.36. The smallest absolute Gasteiger partial charge is 0.248 e. The number of carbonyl (C=O) groups excluding carboxylic acids is 1. The molecular formula is C15H9Cl3FNO. The van der Waals surface area contributed by atoms with Gasteiger partial charge in [-0.05, 0) is 36.4 Å². The molecule has 2 rings (SSSR count). The molecule has 0 radical (unpaired) electrons. The minimum atomic E-state index is -0.507. The summed E-state index contributed by atoms with van der Waals surface area (Å²) in [6.45, 7) is 0. The number of carbonyl (C=O) groups is 1. The maximum Gasteiger partial charge on any atom is 0.248 e. The van der Waals surface area contributed by atoms with Crippen molar-refractivity contribution < 1.29 is 9.18 Å². The Morgan fingerprint density at radius 3 is 2.57 bits per heavy atom. The lowest BCUT2D eigenvalue weighted by Crippen LogP contribution is -2.08. The van der Waals surface area contributed by atoms with Crippen LogP contribution in [0.1, 0.15) is 5.56 Å². The molecule has 108 valence electrons. The van der Waals surface area contributed by atoms with Gasteiger partial charge in [0.2, 0.25) is 5.91 Å². The topological polar surface area (TPSA) is 29.1 Å². The summed E-state index contributed by atoms with van der Waals surface area (Å²) in [5.74, 6) is -0.981. The van der Waals surface area contributed by atoms with Gasteiger partial charge in [0.1, 0.15) is 5.82 Å². The van der Waals surface area contributed by atoms with Gasteiger partial charge >= 0.3 is 0 Å². The van der Waals surface area contributed by atoms with Gasteiger partial charge in [0.05, 0.1) is 15.7 Å². The maximum absolute atomic E-state index is 13.5. The summed E-state index contributed by atoms with van der Waals surface area (Å²) in [5.41, 5.74) is 0.518. The quantitative estimate of drug-likeness (QED) is 0.738. The number of rotatable bonds is 3. The van der Waals surface area contributed by atoms with Gasteiger partial charge in [-0.3, -0.25) is 4.79 Å². The lowest BCUT2D eigenvalue weighted by molar-refractivity contribution is -0.111. The molecule has 0 aliphatic carbocycles. The van der Waals surface area contributed by atoms with Crippen LogP contribution in [0, 0.1) is 5.82 Å². The fraction of sp³-hybridized carbons (Fsp3) is 0. The minimum absolute atomic E-state index is 0.145. The van der Waals surface area contributed by atoms with Crippen molar-refractivity contribution in [2.75, 3.05) is 5.32 Å². The fourth-order valence-electron chi connectivity index (χ4n) is 1.60. The summed E-state index contributed by atoms with van der Waals surface area (Å²) < 4.78 is 13.5. The van der Waals surface area contributed by atoms with E-state index in [9.17, 15) is 9.18 Å². The third-order valence-corrected chi connectivity index (χ3v) is 3.48. The van der Waals surface area contributed by atoms with Crippen molar-refractivity contribution in [1.82, 2.24) is 0 Å². The number of benzene rings is 2. The van der Waals surface area contributed by atoms with Crippen LogP contribution >= 0.6 is 34.8 Å². The molecule has 0 unspecified atom stereocenters. The van der Waals surface area contributed by atoms with Crippen molar-refractivity contribution in [3.63, 3.8) is 0 Å². The summed E-state index contributed by atoms with van der Waals surface area (Å²) in [4.78, 5) is 11.8. The average Bonchev–Trinajstić information content (AvgIpc) is 2.42. The monoisotopic (exact) mass is 343 g/mol. The molecule has 2 nitrogen and oxygen atoms in total. The molecule has 0 aliphatic rings. The first kappa shape index (κ1) is 15.8. The zero-order valence-corrected chi connectivity index (χ0v) is 12.8. The molecule has 0 atom stereocenters. The van der Waals surface area contributed by atoms with Crippen LogP contribution in [0.4, 0.5) is 10.1 Å². The first-order valence-corrected chi connectivity index (χ1v) is 6.99. The summed E-state index contributed by atoms with van der Waals surface area (Å²) in [5, 5.41) is 3.57. The Hall–Kier alpha value is -1.55. The highest BCUT2D eigenvalue weighted by atomic mass is 35.5. The molecule has 2 aromatic rings. The Labute approximate surface area is 136 Å². The predicted molar refractivity (Wildman–Crippen MR) is 85.5 cm³/mol. The largest absolute Gasteiger partial charge is 0.321 e. The summed E-state index contributed by atoms with van der Waals surface area (Å²) >= 11 is 17.6. The molecule has 0 saturated carbocycles. The molecule has 0 aromatic heterocycles. The van der Waals surface area contributed by atoms with Gasteiger partial charge in [-0.1, -0.05) is 40.9 Å². The number of amides is 1. The van der Waals surface area contributed by atoms with Crippen molar-refractivity contribution in [3.05, 3.63) is 68.9 Å². The van der Waals surface area contributed by atoms with E-state index in [2.05, 4.69) is 5.32 Å². The maximum atomic E-state index is 13.5. The van der Waals surface area contributed by atoms with E-state index >= 15 is 0 Å². The molecule has 21 heavy (non-hydrogen) atoms. The molecule has 0 bridgehead atoms. The van der Waals surface area contributed by atoms with Crippen LogP contribution in [-0.4, -0.2) is 5.91 Å². The van der Waals surface area contributed by atoms with Gasteiger partial charge in [0.25, 0.3) is 0 Å². The van der Waals surface area contributed by atoms with E-state index in [1.807, 2.05) is 0 Å². The Bertz CT molecular complexity index is 696. The van der Waals surface area contributed by atoms with Crippen molar-refractivity contribution in [1.29, 1.82) is 0 Å². The van der Waals surface area contributed by atoms with Gasteiger partial charge in [-0.15, -0.1) is 0 Å². The number of hydrogen-bond donors (Lipinski definition) is 1. The van der Waals surface area contributed by atoms with E-state index in [4.69, 9.17) is 34.8 Å². The van der Waals surface area contributed by atoms with Crippen LogP contribution in [0.15, 0.2) is 42.5 Å². The zero-order valence-electron chi connectivity index (χ0n) is 10.5. The Kier molecular flexibility index (Phi) is 5.23. The molecule has 1 amide bonds. The second kappa shape index (κ2) is 6.94. The Morgan fingerprint density at radius 1 is 1.10 bits per heavy atom. The third kappa shape index (κ3) is 4.21. The summed E-state index contributed by atoms with van der Waals surface area (Å²) in [6.07, 6.45) is 2.47. The van der Waals surface area contributed by atoms with Gasteiger partial charge < -0.3 is 5.32 Å². The number of nitrogens with one attached hydrogen (secondary N) is 1. The van der Waals surface area contributed by atoms with E-state index in [0.717, 1.165) is 0 Å². The average molecular weight is 345 g/mol. The summed E-state index contributed by atoms with van der Waals surface area (Å²) in [7, 11) is 0. The van der Waals surface area contributed by atoms with Crippen molar-refractivity contribution in [2.45, 2.75) is 0 Å². The minimum Gasteiger partial charge on any atom is -0.321 e. The Balaban J connectivity index is 2.15. The second-order valence-electron chi connectivity index (χ2n) is 4.08. The van der Waals surface area contributed by atoms with Crippen LogP contribution in [0.2, 0.25) is 15.1 Å². The number of hydrogen-bond acceptors (Lipinski definition) is 1. The van der Waals surface area contributed by atoms with Crippen molar-refractivity contribution in [3.8, 4) is 0 Å². The number of halogens is 4. The van der Waals surface area contributed by atoms with E-state index in [1.54, 1.807) is 12.1 Å². The highest BCUT2D eigenvalue weighted by Crippen LogP contribution is 2.25. The van der Waals surface area contributed by atoms with Gasteiger partial charge in [-0.25, -0.2) is 4.39 Å². The second-order valence-corrected chi connectivity index (χ2v) is 5.33. The van der Waals surface area contributed by atoms with Crippen LogP contribution in [0.3, 0.4) is 0 Å². The molecular weight excluding hydrogens is 336 g/mol. The predicted octanol–water partition coefficient (Wildman–Crippen LogP) is 5.44. The molecule has 6 heteroatoms. The molecule has 0 fully saturated rings. The van der Waals surface area contributed by atoms with E-state index < -0.39 is 11.7 Å². The van der Waals surface area contributed by atoms with Crippen molar-refractivity contribution in [2.24, 2.45) is 0 Å². The van der Waals surface area contributed by atoms with E-state index in [1.165, 1.54) is 36.4 Å². The molecule has 0 heterocycles.